The molecule has 0 bridgehead atoms. The number of carbonyl (C=O) groups is 1. The molecule has 0 aromatic rings. The molecule has 2 fully saturated rings. The molecule has 2 aliphatic heterocycles. The summed E-state index contributed by atoms with van der Waals surface area (Å²) < 4.78 is 0. The van der Waals surface area contributed by atoms with Crippen molar-refractivity contribution in [1.29, 1.82) is 0 Å². The fourth-order valence-electron chi connectivity index (χ4n) is 2.97. The fraction of sp³-hybridized carbons (Fsp3) is 0.929. The quantitative estimate of drug-likeness (QED) is 0.730. The first-order chi connectivity index (χ1) is 9.24. The van der Waals surface area contributed by atoms with Gasteiger partial charge in [-0.15, -0.1) is 0 Å². The lowest BCUT2D eigenvalue weighted by Gasteiger charge is -2.30. The number of likely N-dealkylation sites (tertiary alicyclic amines) is 1. The number of amides is 1. The van der Waals surface area contributed by atoms with Crippen LogP contribution in [0.2, 0.25) is 0 Å². The molecule has 2 rings (SSSR count). The lowest BCUT2D eigenvalue weighted by Crippen LogP contribution is -2.50. The number of nitrogens with zero attached hydrogens (tertiary/aromatic N) is 2. The van der Waals surface area contributed by atoms with Crippen molar-refractivity contribution in [3.05, 3.63) is 0 Å². The summed E-state index contributed by atoms with van der Waals surface area (Å²) in [5.41, 5.74) is 0. The maximum absolute atomic E-state index is 12.0. The molecule has 1 atom stereocenters. The van der Waals surface area contributed by atoms with E-state index in [1.807, 2.05) is 0 Å². The summed E-state index contributed by atoms with van der Waals surface area (Å²) in [6, 6.07) is 0.258. The van der Waals surface area contributed by atoms with Crippen molar-refractivity contribution >= 4 is 5.91 Å². The summed E-state index contributed by atoms with van der Waals surface area (Å²) in [5.74, 6) is 0.173. The molecule has 0 aliphatic carbocycles. The van der Waals surface area contributed by atoms with Gasteiger partial charge in [0.05, 0.1) is 6.54 Å². The van der Waals surface area contributed by atoms with Crippen LogP contribution < -0.4 is 10.6 Å². The van der Waals surface area contributed by atoms with E-state index in [2.05, 4.69) is 27.4 Å². The zero-order valence-corrected chi connectivity index (χ0v) is 12.2. The summed E-state index contributed by atoms with van der Waals surface area (Å²) in [6.45, 7) is 9.99. The Morgan fingerprint density at radius 1 is 1.11 bits per heavy atom. The third-order valence-electron chi connectivity index (χ3n) is 3.96. The summed E-state index contributed by atoms with van der Waals surface area (Å²) in [7, 11) is 0. The molecule has 19 heavy (non-hydrogen) atoms. The van der Waals surface area contributed by atoms with Gasteiger partial charge in [0.15, 0.2) is 0 Å². The topological polar surface area (TPSA) is 47.6 Å². The SMILES string of the molecule is CC(CN1CCCCC1)NC(=O)CN1CCNCC1. The van der Waals surface area contributed by atoms with Crippen molar-refractivity contribution < 1.29 is 4.79 Å². The average molecular weight is 268 g/mol. The van der Waals surface area contributed by atoms with Crippen LogP contribution in [-0.4, -0.2) is 74.1 Å². The number of hydrogen-bond donors (Lipinski definition) is 2. The predicted molar refractivity (Wildman–Crippen MR) is 77.2 cm³/mol. The first-order valence-electron chi connectivity index (χ1n) is 7.69. The number of hydrogen-bond acceptors (Lipinski definition) is 4. The lowest BCUT2D eigenvalue weighted by molar-refractivity contribution is -0.123. The number of nitrogens with one attached hydrogen (secondary N) is 2. The smallest absolute Gasteiger partial charge is 0.234 e. The van der Waals surface area contributed by atoms with E-state index in [0.717, 1.165) is 32.7 Å². The molecular formula is C14H28N4O. The van der Waals surface area contributed by atoms with Crippen molar-refractivity contribution in [2.24, 2.45) is 0 Å². The summed E-state index contributed by atoms with van der Waals surface area (Å²) in [4.78, 5) is 16.7. The summed E-state index contributed by atoms with van der Waals surface area (Å²) in [6.07, 6.45) is 3.98. The fourth-order valence-corrected chi connectivity index (χ4v) is 2.97. The van der Waals surface area contributed by atoms with E-state index >= 15 is 0 Å². The third-order valence-corrected chi connectivity index (χ3v) is 3.96. The largest absolute Gasteiger partial charge is 0.351 e. The molecule has 2 heterocycles. The Balaban J connectivity index is 1.63. The van der Waals surface area contributed by atoms with Crippen molar-refractivity contribution in [2.75, 3.05) is 52.4 Å². The van der Waals surface area contributed by atoms with Crippen LogP contribution >= 0.6 is 0 Å². The van der Waals surface area contributed by atoms with Gasteiger partial charge in [-0.25, -0.2) is 0 Å². The minimum Gasteiger partial charge on any atom is -0.351 e. The minimum atomic E-state index is 0.173. The zero-order valence-electron chi connectivity index (χ0n) is 12.2. The van der Waals surface area contributed by atoms with E-state index in [0.29, 0.717) is 6.54 Å². The van der Waals surface area contributed by atoms with E-state index in [1.165, 1.54) is 32.4 Å². The van der Waals surface area contributed by atoms with Gasteiger partial charge in [0.2, 0.25) is 5.91 Å². The van der Waals surface area contributed by atoms with E-state index in [4.69, 9.17) is 0 Å². The molecule has 0 radical (unpaired) electrons. The number of carbonyl (C=O) groups excluding carboxylic acids is 1. The molecule has 1 unspecified atom stereocenters. The molecule has 2 N–H and O–H groups in total. The van der Waals surface area contributed by atoms with Crippen LogP contribution in [0.3, 0.4) is 0 Å². The molecular weight excluding hydrogens is 240 g/mol. The molecule has 0 saturated carbocycles. The van der Waals surface area contributed by atoms with Crippen molar-refractivity contribution in [2.45, 2.75) is 32.2 Å². The Kier molecular flexibility index (Phi) is 6.07. The average Bonchev–Trinajstić information content (AvgIpc) is 2.40. The first-order valence-corrected chi connectivity index (χ1v) is 7.69. The lowest BCUT2D eigenvalue weighted by atomic mass is 10.1. The second kappa shape index (κ2) is 7.82. The Morgan fingerprint density at radius 2 is 1.79 bits per heavy atom. The van der Waals surface area contributed by atoms with Gasteiger partial charge in [-0.1, -0.05) is 6.42 Å². The van der Waals surface area contributed by atoms with Gasteiger partial charge in [0.1, 0.15) is 0 Å². The van der Waals surface area contributed by atoms with Crippen LogP contribution in [0.1, 0.15) is 26.2 Å². The standard InChI is InChI=1S/C14H28N4O/c1-13(11-17-7-3-2-4-8-17)16-14(19)12-18-9-5-15-6-10-18/h13,15H,2-12H2,1H3,(H,16,19). The van der Waals surface area contributed by atoms with Gasteiger partial charge in [-0.3, -0.25) is 9.69 Å². The normalized spacial score (nSPS) is 24.1. The Labute approximate surface area is 116 Å². The van der Waals surface area contributed by atoms with Crippen LogP contribution in [0.5, 0.6) is 0 Å². The second-order valence-corrected chi connectivity index (χ2v) is 5.86. The number of piperazine rings is 1. The Morgan fingerprint density at radius 3 is 2.47 bits per heavy atom. The van der Waals surface area contributed by atoms with Crippen molar-refractivity contribution in [3.8, 4) is 0 Å². The molecule has 0 aromatic heterocycles. The van der Waals surface area contributed by atoms with Gasteiger partial charge >= 0.3 is 0 Å². The highest BCUT2D eigenvalue weighted by atomic mass is 16.2. The van der Waals surface area contributed by atoms with Gasteiger partial charge in [-0.05, 0) is 32.9 Å². The molecule has 0 aromatic carbocycles. The zero-order chi connectivity index (χ0) is 13.5. The van der Waals surface area contributed by atoms with Crippen LogP contribution in [0, 0.1) is 0 Å². The molecule has 5 heteroatoms. The van der Waals surface area contributed by atoms with Crippen LogP contribution in [0.4, 0.5) is 0 Å². The van der Waals surface area contributed by atoms with Crippen molar-refractivity contribution in [1.82, 2.24) is 20.4 Å². The van der Waals surface area contributed by atoms with Gasteiger partial charge in [0.25, 0.3) is 0 Å². The highest BCUT2D eigenvalue weighted by Gasteiger charge is 2.17. The van der Waals surface area contributed by atoms with E-state index in [9.17, 15) is 4.79 Å². The Hall–Kier alpha value is -0.650. The van der Waals surface area contributed by atoms with Gasteiger partial charge < -0.3 is 15.5 Å². The monoisotopic (exact) mass is 268 g/mol. The molecule has 2 saturated heterocycles. The summed E-state index contributed by atoms with van der Waals surface area (Å²) in [5, 5.41) is 6.43. The molecule has 110 valence electrons. The molecule has 0 spiro atoms. The van der Waals surface area contributed by atoms with Crippen LogP contribution in [0.15, 0.2) is 0 Å². The second-order valence-electron chi connectivity index (χ2n) is 5.86. The maximum Gasteiger partial charge on any atom is 0.234 e. The van der Waals surface area contributed by atoms with E-state index in [1.54, 1.807) is 0 Å². The summed E-state index contributed by atoms with van der Waals surface area (Å²) >= 11 is 0. The highest BCUT2D eigenvalue weighted by molar-refractivity contribution is 5.78. The first kappa shape index (κ1) is 14.8. The van der Waals surface area contributed by atoms with Crippen LogP contribution in [0.25, 0.3) is 0 Å². The van der Waals surface area contributed by atoms with Crippen LogP contribution in [-0.2, 0) is 4.79 Å². The minimum absolute atomic E-state index is 0.173. The van der Waals surface area contributed by atoms with E-state index in [-0.39, 0.29) is 11.9 Å². The number of rotatable bonds is 5. The maximum atomic E-state index is 12.0. The Bertz CT molecular complexity index is 273. The highest BCUT2D eigenvalue weighted by Crippen LogP contribution is 2.08. The van der Waals surface area contributed by atoms with Gasteiger partial charge in [-0.2, -0.15) is 0 Å². The molecule has 2 aliphatic rings. The third kappa shape index (κ3) is 5.47. The predicted octanol–water partition coefficient (Wildman–Crippen LogP) is -0.118. The molecule has 5 nitrogen and oxygen atoms in total. The van der Waals surface area contributed by atoms with Crippen molar-refractivity contribution in [3.63, 3.8) is 0 Å². The molecule has 1 amide bonds. The van der Waals surface area contributed by atoms with E-state index < -0.39 is 0 Å². The number of piperidine rings is 1. The van der Waals surface area contributed by atoms with Gasteiger partial charge in [0, 0.05) is 38.8 Å².